The van der Waals surface area contributed by atoms with Crippen molar-refractivity contribution in [2.75, 3.05) is 26.7 Å². The smallest absolute Gasteiger partial charge is 0.317 e. The first-order chi connectivity index (χ1) is 6.95. The number of rotatable bonds is 4. The van der Waals surface area contributed by atoms with Crippen LogP contribution in [0.1, 0.15) is 20.8 Å². The van der Waals surface area contributed by atoms with E-state index < -0.39 is 0 Å². The van der Waals surface area contributed by atoms with Gasteiger partial charge in [0.25, 0.3) is 0 Å². The first-order valence-corrected chi connectivity index (χ1v) is 5.40. The zero-order chi connectivity index (χ0) is 11.5. The standard InChI is InChI=1S/C10H22N4O/c1-10(2,3)8(13-11-4)7-14-6-5-12-9(14)15/h8,11,13H,5-7H2,1-4H3,(H,12,15)/t8-/m1/s1. The van der Waals surface area contributed by atoms with Gasteiger partial charge in [-0.3, -0.25) is 10.9 Å². The highest BCUT2D eigenvalue weighted by Crippen LogP contribution is 2.20. The van der Waals surface area contributed by atoms with Gasteiger partial charge in [-0.15, -0.1) is 0 Å². The van der Waals surface area contributed by atoms with Crippen molar-refractivity contribution in [3.8, 4) is 0 Å². The van der Waals surface area contributed by atoms with Crippen molar-refractivity contribution in [3.05, 3.63) is 0 Å². The Kier molecular flexibility index (Phi) is 3.93. The average Bonchev–Trinajstić information content (AvgIpc) is 2.49. The molecule has 3 N–H and O–H groups in total. The van der Waals surface area contributed by atoms with Crippen LogP contribution in [-0.2, 0) is 0 Å². The molecule has 2 amide bonds. The Labute approximate surface area is 91.6 Å². The summed E-state index contributed by atoms with van der Waals surface area (Å²) in [5, 5.41) is 2.81. The van der Waals surface area contributed by atoms with Gasteiger partial charge in [-0.2, -0.15) is 0 Å². The second-order valence-electron chi connectivity index (χ2n) is 4.99. The highest BCUT2D eigenvalue weighted by molar-refractivity contribution is 5.76. The van der Waals surface area contributed by atoms with Crippen LogP contribution in [0.25, 0.3) is 0 Å². The SMILES string of the molecule is CNN[C@H](CN1CCNC1=O)C(C)(C)C. The molecule has 0 spiro atoms. The van der Waals surface area contributed by atoms with Gasteiger partial charge >= 0.3 is 6.03 Å². The van der Waals surface area contributed by atoms with Gasteiger partial charge in [0.2, 0.25) is 0 Å². The molecule has 0 aromatic rings. The molecule has 0 aromatic heterocycles. The summed E-state index contributed by atoms with van der Waals surface area (Å²) in [4.78, 5) is 13.3. The van der Waals surface area contributed by atoms with Crippen LogP contribution in [-0.4, -0.2) is 43.7 Å². The van der Waals surface area contributed by atoms with Crippen LogP contribution in [0, 0.1) is 5.41 Å². The second kappa shape index (κ2) is 4.81. The maximum Gasteiger partial charge on any atom is 0.317 e. The predicted molar refractivity (Wildman–Crippen MR) is 60.4 cm³/mol. The van der Waals surface area contributed by atoms with E-state index in [-0.39, 0.29) is 17.5 Å². The summed E-state index contributed by atoms with van der Waals surface area (Å²) in [5.41, 5.74) is 6.27. The van der Waals surface area contributed by atoms with Gasteiger partial charge in [0, 0.05) is 25.7 Å². The molecular weight excluding hydrogens is 192 g/mol. The lowest BCUT2D eigenvalue weighted by Gasteiger charge is -2.33. The minimum absolute atomic E-state index is 0.0437. The summed E-state index contributed by atoms with van der Waals surface area (Å²) < 4.78 is 0. The number of hydrogen-bond donors (Lipinski definition) is 3. The Bertz CT molecular complexity index is 224. The summed E-state index contributed by atoms with van der Waals surface area (Å²) in [6.45, 7) is 8.78. The monoisotopic (exact) mass is 214 g/mol. The lowest BCUT2D eigenvalue weighted by molar-refractivity contribution is 0.177. The van der Waals surface area contributed by atoms with Gasteiger partial charge < -0.3 is 10.2 Å². The number of carbonyl (C=O) groups is 1. The van der Waals surface area contributed by atoms with Crippen LogP contribution in [0.5, 0.6) is 0 Å². The molecule has 0 bridgehead atoms. The fraction of sp³-hybridized carbons (Fsp3) is 0.900. The third kappa shape index (κ3) is 3.35. The number of amides is 2. The van der Waals surface area contributed by atoms with Gasteiger partial charge in [-0.1, -0.05) is 20.8 Å². The Morgan fingerprint density at radius 1 is 1.53 bits per heavy atom. The minimum Gasteiger partial charge on any atom is -0.336 e. The molecule has 5 heteroatoms. The Hall–Kier alpha value is -0.810. The summed E-state index contributed by atoms with van der Waals surface area (Å²) in [6, 6.07) is 0.286. The number of nitrogens with one attached hydrogen (secondary N) is 3. The molecule has 0 saturated carbocycles. The minimum atomic E-state index is 0.0437. The molecular formula is C10H22N4O. The zero-order valence-corrected chi connectivity index (χ0v) is 10.1. The molecule has 15 heavy (non-hydrogen) atoms. The summed E-state index contributed by atoms with van der Waals surface area (Å²) in [7, 11) is 1.85. The lowest BCUT2D eigenvalue weighted by atomic mass is 9.87. The van der Waals surface area contributed by atoms with E-state index >= 15 is 0 Å². The number of hydrazine groups is 1. The molecule has 88 valence electrons. The van der Waals surface area contributed by atoms with Crippen molar-refractivity contribution < 1.29 is 4.79 Å². The van der Waals surface area contributed by atoms with Crippen molar-refractivity contribution >= 4 is 6.03 Å². The van der Waals surface area contributed by atoms with Gasteiger partial charge in [0.1, 0.15) is 0 Å². The number of hydrogen-bond acceptors (Lipinski definition) is 3. The normalized spacial score (nSPS) is 19.2. The molecule has 1 saturated heterocycles. The van der Waals surface area contributed by atoms with Gasteiger partial charge in [0.15, 0.2) is 0 Å². The van der Waals surface area contributed by atoms with Crippen molar-refractivity contribution in [2.45, 2.75) is 26.8 Å². The maximum atomic E-state index is 11.4. The van der Waals surface area contributed by atoms with E-state index in [4.69, 9.17) is 0 Å². The van der Waals surface area contributed by atoms with E-state index in [2.05, 4.69) is 36.9 Å². The lowest BCUT2D eigenvalue weighted by Crippen LogP contribution is -2.53. The molecule has 0 aliphatic carbocycles. The molecule has 0 unspecified atom stereocenters. The first-order valence-electron chi connectivity index (χ1n) is 5.40. The van der Waals surface area contributed by atoms with Crippen LogP contribution in [0.3, 0.4) is 0 Å². The summed E-state index contributed by atoms with van der Waals surface area (Å²) >= 11 is 0. The fourth-order valence-corrected chi connectivity index (χ4v) is 1.62. The van der Waals surface area contributed by atoms with Crippen LogP contribution >= 0.6 is 0 Å². The summed E-state index contributed by atoms with van der Waals surface area (Å²) in [5.74, 6) is 0. The van der Waals surface area contributed by atoms with E-state index in [9.17, 15) is 4.79 Å². The van der Waals surface area contributed by atoms with Crippen molar-refractivity contribution in [2.24, 2.45) is 5.41 Å². The Morgan fingerprint density at radius 2 is 2.20 bits per heavy atom. The highest BCUT2D eigenvalue weighted by Gasteiger charge is 2.29. The van der Waals surface area contributed by atoms with Gasteiger partial charge in [0.05, 0.1) is 0 Å². The molecule has 0 aromatic carbocycles. The van der Waals surface area contributed by atoms with E-state index in [1.54, 1.807) is 0 Å². The van der Waals surface area contributed by atoms with Crippen LogP contribution in [0.15, 0.2) is 0 Å². The Morgan fingerprint density at radius 3 is 2.60 bits per heavy atom. The average molecular weight is 214 g/mol. The van der Waals surface area contributed by atoms with Crippen molar-refractivity contribution in [3.63, 3.8) is 0 Å². The summed E-state index contributed by atoms with van der Waals surface area (Å²) in [6.07, 6.45) is 0. The largest absolute Gasteiger partial charge is 0.336 e. The molecule has 1 heterocycles. The van der Waals surface area contributed by atoms with E-state index in [0.29, 0.717) is 0 Å². The van der Waals surface area contributed by atoms with Gasteiger partial charge in [-0.25, -0.2) is 4.79 Å². The topological polar surface area (TPSA) is 56.4 Å². The number of urea groups is 1. The highest BCUT2D eigenvalue weighted by atomic mass is 16.2. The molecule has 5 nitrogen and oxygen atoms in total. The van der Waals surface area contributed by atoms with E-state index in [1.165, 1.54) is 0 Å². The molecule has 1 aliphatic heterocycles. The molecule has 1 fully saturated rings. The number of nitrogens with zero attached hydrogens (tertiary/aromatic N) is 1. The molecule has 0 radical (unpaired) electrons. The van der Waals surface area contributed by atoms with Crippen molar-refractivity contribution in [1.29, 1.82) is 0 Å². The molecule has 1 aliphatic rings. The van der Waals surface area contributed by atoms with E-state index in [1.807, 2.05) is 11.9 Å². The molecule has 1 rings (SSSR count). The maximum absolute atomic E-state index is 11.4. The third-order valence-electron chi connectivity index (χ3n) is 2.71. The number of carbonyl (C=O) groups excluding carboxylic acids is 1. The Balaban J connectivity index is 2.54. The van der Waals surface area contributed by atoms with Crippen LogP contribution in [0.2, 0.25) is 0 Å². The fourth-order valence-electron chi connectivity index (χ4n) is 1.62. The van der Waals surface area contributed by atoms with Gasteiger partial charge in [-0.05, 0) is 12.5 Å². The van der Waals surface area contributed by atoms with Crippen LogP contribution < -0.4 is 16.2 Å². The zero-order valence-electron chi connectivity index (χ0n) is 10.1. The first kappa shape index (κ1) is 12.3. The van der Waals surface area contributed by atoms with E-state index in [0.717, 1.165) is 19.6 Å². The third-order valence-corrected chi connectivity index (χ3v) is 2.71. The van der Waals surface area contributed by atoms with Crippen molar-refractivity contribution in [1.82, 2.24) is 21.1 Å². The molecule has 1 atom stereocenters. The second-order valence-corrected chi connectivity index (χ2v) is 4.99. The predicted octanol–water partition coefficient (Wildman–Crippen LogP) is 0.150. The quantitative estimate of drug-likeness (QED) is 0.584. The van der Waals surface area contributed by atoms with Crippen LogP contribution in [0.4, 0.5) is 4.79 Å².